The molecule has 0 spiro atoms. The fourth-order valence-corrected chi connectivity index (χ4v) is 3.66. The molecule has 3 N–H and O–H groups in total. The molecule has 0 aromatic carbocycles. The summed E-state index contributed by atoms with van der Waals surface area (Å²) in [6.07, 6.45) is 3.92. The number of carbonyl (C=O) groups excluding carboxylic acids is 2. The number of nitrogens with two attached hydrogens (primary N) is 1. The molecule has 0 radical (unpaired) electrons. The van der Waals surface area contributed by atoms with Crippen LogP contribution in [0, 0.1) is 17.8 Å². The maximum atomic E-state index is 12.9. The predicted octanol–water partition coefficient (Wildman–Crippen LogP) is 2.07. The number of amides is 3. The number of nitrogens with one attached hydrogen (secondary N) is 1. The van der Waals surface area contributed by atoms with Gasteiger partial charge in [0.05, 0.1) is 5.92 Å². The second-order valence-electron chi connectivity index (χ2n) is 7.91. The second kappa shape index (κ2) is 10.2. The molecule has 7 heteroatoms. The lowest BCUT2D eigenvalue weighted by Gasteiger charge is -2.39. The van der Waals surface area contributed by atoms with Gasteiger partial charge in [0.1, 0.15) is 0 Å². The Bertz CT molecular complexity index is 445. The maximum absolute atomic E-state index is 12.9. The van der Waals surface area contributed by atoms with E-state index in [1.807, 2.05) is 11.8 Å². The largest absolute Gasteiger partial charge is 0.342 e. The van der Waals surface area contributed by atoms with Crippen molar-refractivity contribution < 1.29 is 9.59 Å². The van der Waals surface area contributed by atoms with Gasteiger partial charge in [0, 0.05) is 38.8 Å². The van der Waals surface area contributed by atoms with Crippen LogP contribution in [0.5, 0.6) is 0 Å². The molecule has 25 heavy (non-hydrogen) atoms. The lowest BCUT2D eigenvalue weighted by molar-refractivity contribution is -0.138. The number of carbonyl (C=O) groups is 2. The van der Waals surface area contributed by atoms with E-state index in [0.717, 1.165) is 45.3 Å². The molecule has 2 fully saturated rings. The zero-order chi connectivity index (χ0) is 17.7. The molecule has 0 bridgehead atoms. The maximum Gasteiger partial charge on any atom is 0.317 e. The summed E-state index contributed by atoms with van der Waals surface area (Å²) < 4.78 is 0. The zero-order valence-corrected chi connectivity index (χ0v) is 16.7. The number of hydrogen-bond acceptors (Lipinski definition) is 3. The highest BCUT2D eigenvalue weighted by Crippen LogP contribution is 2.24. The number of hydrogen-bond donors (Lipinski definition) is 2. The Kier molecular flexibility index (Phi) is 9.00. The van der Waals surface area contributed by atoms with Crippen molar-refractivity contribution in [2.45, 2.75) is 52.5 Å². The lowest BCUT2D eigenvalue weighted by atomic mass is 9.90. The van der Waals surface area contributed by atoms with Crippen LogP contribution in [0.25, 0.3) is 0 Å². The Morgan fingerprint density at radius 2 is 1.72 bits per heavy atom. The van der Waals surface area contributed by atoms with Gasteiger partial charge in [0.15, 0.2) is 0 Å². The summed E-state index contributed by atoms with van der Waals surface area (Å²) in [6, 6.07) is 0.0959. The van der Waals surface area contributed by atoms with E-state index in [1.54, 1.807) is 4.90 Å². The third-order valence-corrected chi connectivity index (χ3v) is 5.23. The molecule has 0 aliphatic carbocycles. The van der Waals surface area contributed by atoms with Gasteiger partial charge in [-0.25, -0.2) is 4.79 Å². The first-order chi connectivity index (χ1) is 11.4. The molecule has 6 nitrogen and oxygen atoms in total. The van der Waals surface area contributed by atoms with E-state index in [9.17, 15) is 9.59 Å². The van der Waals surface area contributed by atoms with Crippen LogP contribution >= 0.6 is 12.4 Å². The molecule has 3 amide bonds. The third-order valence-electron chi connectivity index (χ3n) is 5.23. The van der Waals surface area contributed by atoms with E-state index >= 15 is 0 Å². The molecular weight excluding hydrogens is 340 g/mol. The van der Waals surface area contributed by atoms with Gasteiger partial charge in [-0.1, -0.05) is 13.8 Å². The SMILES string of the molecule is CC(C)CNC(=O)N1CCCC(C(=O)N2CCCC(C(C)N)C2)C1.Cl. The van der Waals surface area contributed by atoms with Crippen molar-refractivity contribution in [2.75, 3.05) is 32.7 Å². The van der Waals surface area contributed by atoms with Crippen LogP contribution in [0.15, 0.2) is 0 Å². The van der Waals surface area contributed by atoms with Crippen molar-refractivity contribution in [1.82, 2.24) is 15.1 Å². The average molecular weight is 375 g/mol. The molecule has 2 aliphatic heterocycles. The van der Waals surface area contributed by atoms with Gasteiger partial charge in [-0.15, -0.1) is 12.4 Å². The standard InChI is InChI=1S/C18H34N4O2.ClH/c1-13(2)10-20-18(24)22-9-5-7-16(12-22)17(23)21-8-4-6-15(11-21)14(3)19;/h13-16H,4-12,19H2,1-3H3,(H,20,24);1H. The van der Waals surface area contributed by atoms with Crippen LogP contribution in [0.2, 0.25) is 0 Å². The highest BCUT2D eigenvalue weighted by Gasteiger charge is 2.33. The molecule has 2 rings (SSSR count). The lowest BCUT2D eigenvalue weighted by Crippen LogP contribution is -2.52. The first-order valence-corrected chi connectivity index (χ1v) is 9.45. The smallest absolute Gasteiger partial charge is 0.317 e. The number of nitrogens with zero attached hydrogens (tertiary/aromatic N) is 2. The summed E-state index contributed by atoms with van der Waals surface area (Å²) in [7, 11) is 0. The van der Waals surface area contributed by atoms with Crippen molar-refractivity contribution in [3.63, 3.8) is 0 Å². The van der Waals surface area contributed by atoms with Crippen molar-refractivity contribution in [3.05, 3.63) is 0 Å². The molecule has 0 aromatic heterocycles. The summed E-state index contributed by atoms with van der Waals surface area (Å²) in [5, 5.41) is 2.96. The summed E-state index contributed by atoms with van der Waals surface area (Å²) in [6.45, 7) is 9.75. The number of likely N-dealkylation sites (tertiary alicyclic amines) is 2. The Balaban J connectivity index is 0.00000312. The van der Waals surface area contributed by atoms with Crippen LogP contribution in [0.3, 0.4) is 0 Å². The minimum Gasteiger partial charge on any atom is -0.342 e. The van der Waals surface area contributed by atoms with E-state index in [4.69, 9.17) is 5.73 Å². The van der Waals surface area contributed by atoms with E-state index in [2.05, 4.69) is 19.2 Å². The Hall–Kier alpha value is -1.01. The quantitative estimate of drug-likeness (QED) is 0.790. The van der Waals surface area contributed by atoms with Gasteiger partial charge < -0.3 is 20.9 Å². The Morgan fingerprint density at radius 3 is 2.36 bits per heavy atom. The molecule has 2 heterocycles. The zero-order valence-electron chi connectivity index (χ0n) is 15.9. The van der Waals surface area contributed by atoms with Crippen LogP contribution in [0.1, 0.15) is 46.5 Å². The Morgan fingerprint density at radius 1 is 1.08 bits per heavy atom. The Labute approximate surface area is 158 Å². The van der Waals surface area contributed by atoms with E-state index in [0.29, 0.717) is 24.9 Å². The number of rotatable bonds is 4. The van der Waals surface area contributed by atoms with Gasteiger partial charge in [-0.3, -0.25) is 4.79 Å². The molecule has 0 aromatic rings. The highest BCUT2D eigenvalue weighted by molar-refractivity contribution is 5.85. The van der Waals surface area contributed by atoms with Gasteiger partial charge in [0.2, 0.25) is 5.91 Å². The summed E-state index contributed by atoms with van der Waals surface area (Å²) in [4.78, 5) is 28.9. The molecule has 2 aliphatic rings. The van der Waals surface area contributed by atoms with Crippen LogP contribution < -0.4 is 11.1 Å². The van der Waals surface area contributed by atoms with Crippen molar-refractivity contribution >= 4 is 24.3 Å². The van der Waals surface area contributed by atoms with Gasteiger partial charge >= 0.3 is 6.03 Å². The molecular formula is C18H35ClN4O2. The first kappa shape index (κ1) is 22.0. The summed E-state index contributed by atoms with van der Waals surface area (Å²) in [5.74, 6) is 0.980. The van der Waals surface area contributed by atoms with E-state index in [1.165, 1.54) is 0 Å². The summed E-state index contributed by atoms with van der Waals surface area (Å²) in [5.41, 5.74) is 6.03. The van der Waals surface area contributed by atoms with Crippen LogP contribution in [0.4, 0.5) is 4.79 Å². The van der Waals surface area contributed by atoms with Crippen molar-refractivity contribution in [1.29, 1.82) is 0 Å². The van der Waals surface area contributed by atoms with Crippen molar-refractivity contribution in [3.8, 4) is 0 Å². The number of halogens is 1. The second-order valence-corrected chi connectivity index (χ2v) is 7.91. The highest BCUT2D eigenvalue weighted by atomic mass is 35.5. The number of piperidine rings is 2. The molecule has 146 valence electrons. The van der Waals surface area contributed by atoms with Crippen molar-refractivity contribution in [2.24, 2.45) is 23.5 Å². The average Bonchev–Trinajstić information content (AvgIpc) is 2.59. The molecule has 3 atom stereocenters. The molecule has 2 saturated heterocycles. The van der Waals surface area contributed by atoms with Crippen LogP contribution in [-0.4, -0.2) is 60.5 Å². The summed E-state index contributed by atoms with van der Waals surface area (Å²) >= 11 is 0. The topological polar surface area (TPSA) is 78.7 Å². The van der Waals surface area contributed by atoms with Gasteiger partial charge in [0.25, 0.3) is 0 Å². The van der Waals surface area contributed by atoms with Gasteiger partial charge in [-0.05, 0) is 44.4 Å². The normalized spacial score (nSPS) is 25.3. The monoisotopic (exact) mass is 374 g/mol. The molecule has 0 saturated carbocycles. The predicted molar refractivity (Wildman–Crippen MR) is 103 cm³/mol. The fraction of sp³-hybridized carbons (Fsp3) is 0.889. The van der Waals surface area contributed by atoms with Gasteiger partial charge in [-0.2, -0.15) is 0 Å². The van der Waals surface area contributed by atoms with Crippen LogP contribution in [-0.2, 0) is 4.79 Å². The third kappa shape index (κ3) is 6.33. The minimum atomic E-state index is -0.0598. The number of urea groups is 1. The molecule has 3 unspecified atom stereocenters. The minimum absolute atomic E-state index is 0. The van der Waals surface area contributed by atoms with E-state index in [-0.39, 0.29) is 36.3 Å². The fourth-order valence-electron chi connectivity index (χ4n) is 3.66. The van der Waals surface area contributed by atoms with E-state index < -0.39 is 0 Å². The first-order valence-electron chi connectivity index (χ1n) is 9.45.